The molecule has 0 unspecified atom stereocenters. The van der Waals surface area contributed by atoms with Gasteiger partial charge in [-0.15, -0.1) is 0 Å². The monoisotopic (exact) mass is 381 g/mol. The molecule has 1 aliphatic heterocycles. The molecule has 4 heteroatoms. The zero-order chi connectivity index (χ0) is 20.0. The second-order valence-electron chi connectivity index (χ2n) is 7.61. The Labute approximate surface area is 168 Å². The minimum Gasteiger partial charge on any atom is -0.297 e. The fourth-order valence-electron chi connectivity index (χ4n) is 4.81. The van der Waals surface area contributed by atoms with Gasteiger partial charge in [-0.3, -0.25) is 19.3 Å². The number of amides is 1. The van der Waals surface area contributed by atoms with Gasteiger partial charge in [0.1, 0.15) is 5.41 Å². The van der Waals surface area contributed by atoms with Crippen LogP contribution in [0.3, 0.4) is 0 Å². The highest BCUT2D eigenvalue weighted by molar-refractivity contribution is 6.51. The molecule has 1 saturated heterocycles. The van der Waals surface area contributed by atoms with E-state index in [2.05, 4.69) is 0 Å². The van der Waals surface area contributed by atoms with Gasteiger partial charge >= 0.3 is 0 Å². The van der Waals surface area contributed by atoms with Gasteiger partial charge in [0.2, 0.25) is 5.78 Å². The average molecular weight is 381 g/mol. The number of aryl methyl sites for hydroxylation is 1. The highest BCUT2D eigenvalue weighted by Crippen LogP contribution is 2.53. The SMILES string of the molecule is O=C1C(=O)[C@@]2(CCc3ccccc3C2=O)[C@@H](c2ccccc2)N1c1ccccc1. The predicted octanol–water partition coefficient (Wildman–Crippen LogP) is 4.16. The van der Waals surface area contributed by atoms with Crippen LogP contribution in [-0.4, -0.2) is 17.5 Å². The molecule has 0 aromatic heterocycles. The largest absolute Gasteiger partial charge is 0.297 e. The third kappa shape index (κ3) is 2.42. The summed E-state index contributed by atoms with van der Waals surface area (Å²) in [5.41, 5.74) is 1.51. The molecule has 3 aromatic carbocycles. The zero-order valence-corrected chi connectivity index (χ0v) is 15.7. The van der Waals surface area contributed by atoms with Crippen LogP contribution in [0.4, 0.5) is 5.69 Å². The molecule has 1 heterocycles. The van der Waals surface area contributed by atoms with Crippen molar-refractivity contribution in [2.24, 2.45) is 5.41 Å². The molecular weight excluding hydrogens is 362 g/mol. The Kier molecular flexibility index (Phi) is 3.95. The molecule has 1 spiro atoms. The van der Waals surface area contributed by atoms with E-state index in [1.54, 1.807) is 18.2 Å². The van der Waals surface area contributed by atoms with Gasteiger partial charge in [-0.1, -0.05) is 72.8 Å². The van der Waals surface area contributed by atoms with E-state index in [0.29, 0.717) is 24.1 Å². The molecule has 4 nitrogen and oxygen atoms in total. The summed E-state index contributed by atoms with van der Waals surface area (Å²) >= 11 is 0. The van der Waals surface area contributed by atoms with Crippen LogP contribution >= 0.6 is 0 Å². The lowest BCUT2D eigenvalue weighted by atomic mass is 9.64. The van der Waals surface area contributed by atoms with Crippen LogP contribution in [-0.2, 0) is 16.0 Å². The number of hydrogen-bond donors (Lipinski definition) is 0. The standard InChI is InChI=1S/C25H19NO3/c27-22-20-14-8-7-9-17(20)15-16-25(22)21(18-10-3-1-4-11-18)26(24(29)23(25)28)19-12-5-2-6-13-19/h1-14,21H,15-16H2/t21-,25+/m1/s1. The van der Waals surface area contributed by atoms with Crippen molar-refractivity contribution < 1.29 is 14.4 Å². The lowest BCUT2D eigenvalue weighted by molar-refractivity contribution is -0.137. The number of fused-ring (bicyclic) bond motifs is 1. The summed E-state index contributed by atoms with van der Waals surface area (Å²) in [4.78, 5) is 42.0. The molecule has 5 rings (SSSR count). The number of ketones is 2. The summed E-state index contributed by atoms with van der Waals surface area (Å²) < 4.78 is 0. The summed E-state index contributed by atoms with van der Waals surface area (Å²) in [5.74, 6) is -1.46. The third-order valence-electron chi connectivity index (χ3n) is 6.15. The Morgan fingerprint density at radius 1 is 0.724 bits per heavy atom. The third-order valence-corrected chi connectivity index (χ3v) is 6.15. The van der Waals surface area contributed by atoms with E-state index < -0.39 is 23.1 Å². The van der Waals surface area contributed by atoms with Crippen LogP contribution < -0.4 is 4.90 Å². The first-order chi connectivity index (χ1) is 14.1. The summed E-state index contributed by atoms with van der Waals surface area (Å²) in [5, 5.41) is 0. The highest BCUT2D eigenvalue weighted by Gasteiger charge is 2.64. The van der Waals surface area contributed by atoms with E-state index in [1.807, 2.05) is 66.7 Å². The summed E-state index contributed by atoms with van der Waals surface area (Å²) in [6.45, 7) is 0. The number of rotatable bonds is 2. The highest BCUT2D eigenvalue weighted by atomic mass is 16.2. The Hall–Kier alpha value is -3.53. The van der Waals surface area contributed by atoms with E-state index in [4.69, 9.17) is 0 Å². The lowest BCUT2D eigenvalue weighted by Crippen LogP contribution is -2.45. The van der Waals surface area contributed by atoms with Gasteiger partial charge in [0.05, 0.1) is 6.04 Å². The molecule has 0 saturated carbocycles. The fraction of sp³-hybridized carbons (Fsp3) is 0.160. The molecule has 3 aromatic rings. The van der Waals surface area contributed by atoms with Crippen molar-refractivity contribution in [2.45, 2.75) is 18.9 Å². The quantitative estimate of drug-likeness (QED) is 0.495. The maximum absolute atomic E-state index is 13.8. The molecule has 1 aliphatic carbocycles. The molecular formula is C25H19NO3. The van der Waals surface area contributed by atoms with Crippen molar-refractivity contribution in [3.63, 3.8) is 0 Å². The van der Waals surface area contributed by atoms with Gasteiger partial charge in [0.25, 0.3) is 5.91 Å². The molecule has 142 valence electrons. The van der Waals surface area contributed by atoms with Crippen molar-refractivity contribution >= 4 is 23.2 Å². The minimum atomic E-state index is -1.40. The van der Waals surface area contributed by atoms with Crippen LogP contribution in [0.1, 0.15) is 33.9 Å². The van der Waals surface area contributed by atoms with Gasteiger partial charge < -0.3 is 0 Å². The minimum absolute atomic E-state index is 0.245. The van der Waals surface area contributed by atoms with Crippen LogP contribution in [0.15, 0.2) is 84.9 Å². The molecule has 0 radical (unpaired) electrons. The second-order valence-corrected chi connectivity index (χ2v) is 7.61. The number of anilines is 1. The van der Waals surface area contributed by atoms with E-state index in [0.717, 1.165) is 11.1 Å². The number of nitrogens with zero attached hydrogens (tertiary/aromatic N) is 1. The van der Waals surface area contributed by atoms with Crippen molar-refractivity contribution in [2.75, 3.05) is 4.90 Å². The number of benzene rings is 3. The van der Waals surface area contributed by atoms with Gasteiger partial charge in [0, 0.05) is 11.3 Å². The normalized spacial score (nSPS) is 23.5. The second kappa shape index (κ2) is 6.52. The fourth-order valence-corrected chi connectivity index (χ4v) is 4.81. The molecule has 29 heavy (non-hydrogen) atoms. The number of carbonyl (C=O) groups is 3. The maximum Gasteiger partial charge on any atom is 0.296 e. The Morgan fingerprint density at radius 3 is 2.07 bits per heavy atom. The van der Waals surface area contributed by atoms with Crippen LogP contribution in [0.25, 0.3) is 0 Å². The molecule has 2 atom stereocenters. The molecule has 0 bridgehead atoms. The number of hydrogen-bond acceptors (Lipinski definition) is 3. The van der Waals surface area contributed by atoms with Crippen LogP contribution in [0, 0.1) is 5.41 Å². The van der Waals surface area contributed by atoms with Crippen molar-refractivity contribution in [1.82, 2.24) is 0 Å². The topological polar surface area (TPSA) is 54.5 Å². The summed E-state index contributed by atoms with van der Waals surface area (Å²) in [7, 11) is 0. The smallest absolute Gasteiger partial charge is 0.296 e. The molecule has 1 fully saturated rings. The Bertz CT molecular complexity index is 1120. The van der Waals surface area contributed by atoms with E-state index in [-0.39, 0.29) is 5.78 Å². The first-order valence-corrected chi connectivity index (χ1v) is 9.75. The lowest BCUT2D eigenvalue weighted by Gasteiger charge is -2.38. The van der Waals surface area contributed by atoms with Gasteiger partial charge in [0.15, 0.2) is 5.78 Å². The Morgan fingerprint density at radius 2 is 1.34 bits per heavy atom. The molecule has 1 amide bonds. The number of Topliss-reactive ketones (excluding diaryl/α,β-unsaturated/α-hetero) is 2. The Balaban J connectivity index is 1.75. The average Bonchev–Trinajstić information content (AvgIpc) is 3.00. The first-order valence-electron chi connectivity index (χ1n) is 9.75. The van der Waals surface area contributed by atoms with E-state index in [1.165, 1.54) is 4.90 Å². The first kappa shape index (κ1) is 17.6. The molecule has 0 N–H and O–H groups in total. The summed E-state index contributed by atoms with van der Waals surface area (Å²) in [6.07, 6.45) is 0.920. The van der Waals surface area contributed by atoms with Crippen LogP contribution in [0.5, 0.6) is 0 Å². The maximum atomic E-state index is 13.8. The van der Waals surface area contributed by atoms with Crippen molar-refractivity contribution in [3.8, 4) is 0 Å². The summed E-state index contributed by atoms with van der Waals surface area (Å²) in [6, 6.07) is 25.3. The van der Waals surface area contributed by atoms with Gasteiger partial charge in [-0.2, -0.15) is 0 Å². The molecule has 2 aliphatic rings. The van der Waals surface area contributed by atoms with Crippen molar-refractivity contribution in [3.05, 3.63) is 102 Å². The van der Waals surface area contributed by atoms with Crippen LogP contribution in [0.2, 0.25) is 0 Å². The number of para-hydroxylation sites is 1. The van der Waals surface area contributed by atoms with Gasteiger partial charge in [-0.25, -0.2) is 0 Å². The zero-order valence-electron chi connectivity index (χ0n) is 15.7. The van der Waals surface area contributed by atoms with E-state index >= 15 is 0 Å². The predicted molar refractivity (Wildman–Crippen MR) is 110 cm³/mol. The van der Waals surface area contributed by atoms with Crippen molar-refractivity contribution in [1.29, 1.82) is 0 Å². The van der Waals surface area contributed by atoms with Gasteiger partial charge in [-0.05, 0) is 36.1 Å². The number of carbonyl (C=O) groups excluding carboxylic acids is 3. The van der Waals surface area contributed by atoms with E-state index in [9.17, 15) is 14.4 Å².